The zero-order valence-electron chi connectivity index (χ0n) is 11.2. The van der Waals surface area contributed by atoms with Crippen LogP contribution in [0.1, 0.15) is 26.7 Å². The molecule has 0 saturated carbocycles. The fourth-order valence-corrected chi connectivity index (χ4v) is 2.01. The Labute approximate surface area is 104 Å². The minimum atomic E-state index is 0.0933. The van der Waals surface area contributed by atoms with Gasteiger partial charge in [0, 0.05) is 32.3 Å². The molecule has 1 aliphatic rings. The highest BCUT2D eigenvalue weighted by Gasteiger charge is 2.20. The molecular weight excluding hydrogens is 216 g/mol. The summed E-state index contributed by atoms with van der Waals surface area (Å²) in [5.74, 6) is 0.0933. The highest BCUT2D eigenvalue weighted by atomic mass is 16.5. The molecule has 1 saturated heterocycles. The number of carbonyl (C=O) groups excluding carboxylic acids is 1. The lowest BCUT2D eigenvalue weighted by molar-refractivity contribution is -0.127. The number of amides is 1. The second-order valence-corrected chi connectivity index (χ2v) is 4.79. The van der Waals surface area contributed by atoms with Gasteiger partial charge >= 0.3 is 0 Å². The Kier molecular flexibility index (Phi) is 6.22. The summed E-state index contributed by atoms with van der Waals surface area (Å²) in [6.45, 7) is 7.00. The van der Waals surface area contributed by atoms with Gasteiger partial charge < -0.3 is 15.0 Å². The molecule has 0 aromatic rings. The maximum absolute atomic E-state index is 12.0. The van der Waals surface area contributed by atoms with Gasteiger partial charge in [0.2, 0.25) is 5.91 Å². The van der Waals surface area contributed by atoms with E-state index in [0.717, 1.165) is 25.1 Å². The summed E-state index contributed by atoms with van der Waals surface area (Å²) >= 11 is 0. The van der Waals surface area contributed by atoms with Gasteiger partial charge in [-0.15, -0.1) is 0 Å². The molecule has 4 heteroatoms. The van der Waals surface area contributed by atoms with Crippen LogP contribution in [0.15, 0.2) is 11.6 Å². The van der Waals surface area contributed by atoms with E-state index in [2.05, 4.69) is 5.32 Å². The summed E-state index contributed by atoms with van der Waals surface area (Å²) in [5.41, 5.74) is 1.04. The van der Waals surface area contributed by atoms with E-state index in [4.69, 9.17) is 4.74 Å². The van der Waals surface area contributed by atoms with Crippen LogP contribution in [0, 0.1) is 0 Å². The Morgan fingerprint density at radius 2 is 2.29 bits per heavy atom. The minimum Gasteiger partial charge on any atom is -0.383 e. The lowest BCUT2D eigenvalue weighted by atomic mass is 10.2. The maximum Gasteiger partial charge on any atom is 0.246 e. The van der Waals surface area contributed by atoms with Gasteiger partial charge in [-0.25, -0.2) is 0 Å². The predicted molar refractivity (Wildman–Crippen MR) is 68.9 cm³/mol. The smallest absolute Gasteiger partial charge is 0.246 e. The number of nitrogens with zero attached hydrogens (tertiary/aromatic N) is 1. The fourth-order valence-electron chi connectivity index (χ4n) is 2.01. The highest BCUT2D eigenvalue weighted by molar-refractivity contribution is 5.88. The molecular formula is C13H24N2O2. The SMILES string of the molecule is COCCN(CC1CCCN1)C(=O)C=C(C)C. The van der Waals surface area contributed by atoms with Crippen LogP contribution in [-0.2, 0) is 9.53 Å². The van der Waals surface area contributed by atoms with Crippen molar-refractivity contribution < 1.29 is 9.53 Å². The number of hydrogen-bond acceptors (Lipinski definition) is 3. The largest absolute Gasteiger partial charge is 0.383 e. The van der Waals surface area contributed by atoms with Gasteiger partial charge in [0.1, 0.15) is 0 Å². The van der Waals surface area contributed by atoms with Crippen LogP contribution in [0.2, 0.25) is 0 Å². The van der Waals surface area contributed by atoms with Crippen molar-refractivity contribution in [2.24, 2.45) is 0 Å². The summed E-state index contributed by atoms with van der Waals surface area (Å²) in [5, 5.41) is 3.42. The number of ether oxygens (including phenoxy) is 1. The Bertz CT molecular complexity index is 267. The molecule has 0 aliphatic carbocycles. The third-order valence-electron chi connectivity index (χ3n) is 2.89. The zero-order valence-corrected chi connectivity index (χ0v) is 11.2. The van der Waals surface area contributed by atoms with Gasteiger partial charge in [-0.1, -0.05) is 5.57 Å². The Hall–Kier alpha value is -0.870. The van der Waals surface area contributed by atoms with Crippen molar-refractivity contribution in [3.05, 3.63) is 11.6 Å². The number of hydrogen-bond donors (Lipinski definition) is 1. The van der Waals surface area contributed by atoms with Crippen molar-refractivity contribution >= 4 is 5.91 Å². The van der Waals surface area contributed by atoms with E-state index >= 15 is 0 Å². The molecule has 1 fully saturated rings. The van der Waals surface area contributed by atoms with E-state index in [1.807, 2.05) is 18.7 Å². The first-order chi connectivity index (χ1) is 8.13. The topological polar surface area (TPSA) is 41.6 Å². The molecule has 1 N–H and O–H groups in total. The first-order valence-electron chi connectivity index (χ1n) is 6.29. The van der Waals surface area contributed by atoms with Crippen molar-refractivity contribution in [1.29, 1.82) is 0 Å². The summed E-state index contributed by atoms with van der Waals surface area (Å²) in [6.07, 6.45) is 4.07. The van der Waals surface area contributed by atoms with E-state index in [0.29, 0.717) is 19.2 Å². The lowest BCUT2D eigenvalue weighted by Gasteiger charge is -2.24. The van der Waals surface area contributed by atoms with Gasteiger partial charge in [-0.3, -0.25) is 4.79 Å². The third-order valence-corrected chi connectivity index (χ3v) is 2.89. The van der Waals surface area contributed by atoms with Crippen LogP contribution in [-0.4, -0.2) is 50.2 Å². The Morgan fingerprint density at radius 3 is 2.82 bits per heavy atom. The monoisotopic (exact) mass is 240 g/mol. The number of allylic oxidation sites excluding steroid dienone is 1. The molecule has 1 amide bonds. The second-order valence-electron chi connectivity index (χ2n) is 4.79. The first kappa shape index (κ1) is 14.2. The molecule has 17 heavy (non-hydrogen) atoms. The van der Waals surface area contributed by atoms with E-state index in [1.165, 1.54) is 6.42 Å². The average Bonchev–Trinajstić information content (AvgIpc) is 2.75. The van der Waals surface area contributed by atoms with Crippen molar-refractivity contribution in [2.45, 2.75) is 32.7 Å². The summed E-state index contributed by atoms with van der Waals surface area (Å²) in [4.78, 5) is 13.9. The standard InChI is InChI=1S/C13H24N2O2/c1-11(2)9-13(16)15(7-8-17-3)10-12-5-4-6-14-12/h9,12,14H,4-8,10H2,1-3H3. The molecule has 1 atom stereocenters. The van der Waals surface area contributed by atoms with Crippen molar-refractivity contribution in [3.8, 4) is 0 Å². The molecule has 0 bridgehead atoms. The van der Waals surface area contributed by atoms with Crippen molar-refractivity contribution in [1.82, 2.24) is 10.2 Å². The molecule has 98 valence electrons. The number of carbonyl (C=O) groups is 1. The zero-order chi connectivity index (χ0) is 12.7. The minimum absolute atomic E-state index is 0.0933. The van der Waals surface area contributed by atoms with Crippen LogP contribution in [0.4, 0.5) is 0 Å². The van der Waals surface area contributed by atoms with Gasteiger partial charge in [0.05, 0.1) is 6.61 Å². The molecule has 0 aromatic heterocycles. The molecule has 1 rings (SSSR count). The second kappa shape index (κ2) is 7.45. The van der Waals surface area contributed by atoms with E-state index < -0.39 is 0 Å². The van der Waals surface area contributed by atoms with E-state index in [1.54, 1.807) is 13.2 Å². The number of rotatable bonds is 6. The molecule has 4 nitrogen and oxygen atoms in total. The van der Waals surface area contributed by atoms with Crippen LogP contribution in [0.25, 0.3) is 0 Å². The van der Waals surface area contributed by atoms with E-state index in [9.17, 15) is 4.79 Å². The summed E-state index contributed by atoms with van der Waals surface area (Å²) in [6, 6.07) is 0.446. The summed E-state index contributed by atoms with van der Waals surface area (Å²) in [7, 11) is 1.66. The molecule has 1 heterocycles. The summed E-state index contributed by atoms with van der Waals surface area (Å²) < 4.78 is 5.06. The molecule has 0 aromatic carbocycles. The van der Waals surface area contributed by atoms with Crippen LogP contribution >= 0.6 is 0 Å². The normalized spacial score (nSPS) is 19.1. The van der Waals surface area contributed by atoms with Gasteiger partial charge in [-0.05, 0) is 33.2 Å². The van der Waals surface area contributed by atoms with Gasteiger partial charge in [0.15, 0.2) is 0 Å². The van der Waals surface area contributed by atoms with Crippen LogP contribution in [0.5, 0.6) is 0 Å². The molecule has 1 aliphatic heterocycles. The molecule has 0 spiro atoms. The van der Waals surface area contributed by atoms with E-state index in [-0.39, 0.29) is 5.91 Å². The third kappa shape index (κ3) is 5.33. The lowest BCUT2D eigenvalue weighted by Crippen LogP contribution is -2.42. The van der Waals surface area contributed by atoms with Crippen LogP contribution in [0.3, 0.4) is 0 Å². The average molecular weight is 240 g/mol. The quantitative estimate of drug-likeness (QED) is 0.709. The number of methoxy groups -OCH3 is 1. The molecule has 0 radical (unpaired) electrons. The van der Waals surface area contributed by atoms with Gasteiger partial charge in [-0.2, -0.15) is 0 Å². The Balaban J connectivity index is 2.52. The Morgan fingerprint density at radius 1 is 1.53 bits per heavy atom. The van der Waals surface area contributed by atoms with Crippen LogP contribution < -0.4 is 5.32 Å². The predicted octanol–water partition coefficient (Wildman–Crippen LogP) is 1.18. The maximum atomic E-state index is 12.0. The first-order valence-corrected chi connectivity index (χ1v) is 6.29. The molecule has 1 unspecified atom stereocenters. The number of nitrogens with one attached hydrogen (secondary N) is 1. The van der Waals surface area contributed by atoms with Crippen molar-refractivity contribution in [3.63, 3.8) is 0 Å². The van der Waals surface area contributed by atoms with Crippen molar-refractivity contribution in [2.75, 3.05) is 33.4 Å². The van der Waals surface area contributed by atoms with Gasteiger partial charge in [0.25, 0.3) is 0 Å². The fraction of sp³-hybridized carbons (Fsp3) is 0.769. The highest BCUT2D eigenvalue weighted by Crippen LogP contribution is 2.08.